The van der Waals surface area contributed by atoms with Gasteiger partial charge in [0.25, 0.3) is 0 Å². The zero-order valence-corrected chi connectivity index (χ0v) is 13.6. The van der Waals surface area contributed by atoms with E-state index in [2.05, 4.69) is 16.9 Å². The van der Waals surface area contributed by atoms with Crippen LogP contribution < -0.4 is 0 Å². The molecule has 0 aliphatic rings. The summed E-state index contributed by atoms with van der Waals surface area (Å²) in [5, 5.41) is 0.164. The first kappa shape index (κ1) is 16.4. The van der Waals surface area contributed by atoms with E-state index >= 15 is 0 Å². The highest BCUT2D eigenvalue weighted by Gasteiger charge is 2.15. The fourth-order valence-corrected chi connectivity index (χ4v) is 2.30. The number of hydrogen-bond donors (Lipinski definition) is 0. The van der Waals surface area contributed by atoms with Crippen molar-refractivity contribution in [3.8, 4) is 11.1 Å². The molecule has 116 valence electrons. The van der Waals surface area contributed by atoms with Crippen LogP contribution in [0.3, 0.4) is 0 Å². The summed E-state index contributed by atoms with van der Waals surface area (Å²) in [5.74, 6) is -0.431. The fraction of sp³-hybridized carbons (Fsp3) is 0.353. The molecule has 2 aromatic rings. The average molecular weight is 319 g/mol. The van der Waals surface area contributed by atoms with Crippen LogP contribution in [0.4, 0.5) is 0 Å². The number of pyridine rings is 2. The molecule has 0 amide bonds. The predicted molar refractivity (Wildman–Crippen MR) is 87.0 cm³/mol. The van der Waals surface area contributed by atoms with Gasteiger partial charge in [-0.2, -0.15) is 0 Å². The zero-order valence-electron chi connectivity index (χ0n) is 12.8. The van der Waals surface area contributed by atoms with Gasteiger partial charge < -0.3 is 4.74 Å². The quantitative estimate of drug-likeness (QED) is 0.452. The SMILES string of the molecule is CCCCOC(=O)c1cc(-c2ccncc2CC)cnc1Cl. The summed E-state index contributed by atoms with van der Waals surface area (Å²) in [4.78, 5) is 20.4. The third-order valence-corrected chi connectivity index (χ3v) is 3.69. The smallest absolute Gasteiger partial charge is 0.341 e. The summed E-state index contributed by atoms with van der Waals surface area (Å²) < 4.78 is 5.22. The Morgan fingerprint density at radius 2 is 2.14 bits per heavy atom. The molecule has 5 heteroatoms. The molecule has 2 heterocycles. The van der Waals surface area contributed by atoms with Gasteiger partial charge in [-0.05, 0) is 36.1 Å². The third-order valence-electron chi connectivity index (χ3n) is 3.39. The molecule has 0 N–H and O–H groups in total. The van der Waals surface area contributed by atoms with Crippen molar-refractivity contribution in [2.24, 2.45) is 0 Å². The predicted octanol–water partition coefficient (Wildman–Crippen LogP) is 4.32. The first-order valence-electron chi connectivity index (χ1n) is 7.43. The molecule has 0 aromatic carbocycles. The third kappa shape index (κ3) is 3.83. The lowest BCUT2D eigenvalue weighted by Gasteiger charge is -2.10. The van der Waals surface area contributed by atoms with Gasteiger partial charge in [0, 0.05) is 24.2 Å². The molecular weight excluding hydrogens is 300 g/mol. The van der Waals surface area contributed by atoms with Crippen molar-refractivity contribution in [3.63, 3.8) is 0 Å². The van der Waals surface area contributed by atoms with Crippen molar-refractivity contribution in [1.82, 2.24) is 9.97 Å². The maximum atomic E-state index is 12.1. The zero-order chi connectivity index (χ0) is 15.9. The first-order chi connectivity index (χ1) is 10.7. The van der Waals surface area contributed by atoms with Crippen LogP contribution in [0.15, 0.2) is 30.7 Å². The number of aryl methyl sites for hydroxylation is 1. The van der Waals surface area contributed by atoms with E-state index in [0.29, 0.717) is 12.2 Å². The molecule has 0 bridgehead atoms. The molecule has 4 nitrogen and oxygen atoms in total. The molecule has 0 aliphatic heterocycles. The fourth-order valence-electron chi connectivity index (χ4n) is 2.12. The van der Waals surface area contributed by atoms with Crippen LogP contribution in [-0.2, 0) is 11.2 Å². The Kier molecular flexibility index (Phi) is 5.90. The minimum absolute atomic E-state index is 0.164. The average Bonchev–Trinajstić information content (AvgIpc) is 2.55. The highest BCUT2D eigenvalue weighted by Crippen LogP contribution is 2.26. The van der Waals surface area contributed by atoms with Crippen molar-refractivity contribution >= 4 is 17.6 Å². The van der Waals surface area contributed by atoms with Crippen LogP contribution in [0.25, 0.3) is 11.1 Å². The van der Waals surface area contributed by atoms with Crippen LogP contribution in [0, 0.1) is 0 Å². The van der Waals surface area contributed by atoms with Crippen molar-refractivity contribution in [3.05, 3.63) is 47.0 Å². The first-order valence-corrected chi connectivity index (χ1v) is 7.81. The van der Waals surface area contributed by atoms with Crippen LogP contribution in [0.2, 0.25) is 5.15 Å². The molecule has 0 saturated carbocycles. The van der Waals surface area contributed by atoms with E-state index in [1.165, 1.54) is 0 Å². The van der Waals surface area contributed by atoms with Gasteiger partial charge in [0.05, 0.1) is 12.2 Å². The van der Waals surface area contributed by atoms with Gasteiger partial charge >= 0.3 is 5.97 Å². The molecule has 22 heavy (non-hydrogen) atoms. The second-order valence-corrected chi connectivity index (χ2v) is 5.30. The largest absolute Gasteiger partial charge is 0.462 e. The lowest BCUT2D eigenvalue weighted by molar-refractivity contribution is 0.0499. The molecular formula is C17H19ClN2O2. The van der Waals surface area contributed by atoms with Gasteiger partial charge in [0.1, 0.15) is 5.15 Å². The van der Waals surface area contributed by atoms with E-state index in [1.807, 2.05) is 19.2 Å². The highest BCUT2D eigenvalue weighted by atomic mass is 35.5. The summed E-state index contributed by atoms with van der Waals surface area (Å²) >= 11 is 6.04. The van der Waals surface area contributed by atoms with Crippen molar-refractivity contribution in [2.45, 2.75) is 33.1 Å². The number of ether oxygens (including phenoxy) is 1. The monoisotopic (exact) mass is 318 g/mol. The number of rotatable bonds is 6. The molecule has 0 radical (unpaired) electrons. The van der Waals surface area contributed by atoms with E-state index in [0.717, 1.165) is 36.0 Å². The van der Waals surface area contributed by atoms with E-state index in [9.17, 15) is 4.79 Å². The second-order valence-electron chi connectivity index (χ2n) is 4.94. The van der Waals surface area contributed by atoms with Crippen LogP contribution in [0.5, 0.6) is 0 Å². The van der Waals surface area contributed by atoms with Gasteiger partial charge in [-0.3, -0.25) is 4.98 Å². The van der Waals surface area contributed by atoms with Crippen LogP contribution >= 0.6 is 11.6 Å². The summed E-state index contributed by atoms with van der Waals surface area (Å²) in [6.45, 7) is 4.49. The standard InChI is InChI=1S/C17H19ClN2O2/c1-3-5-8-22-17(21)15-9-13(11-20-16(15)18)14-6-7-19-10-12(14)4-2/h6-7,9-11H,3-5,8H2,1-2H3. The topological polar surface area (TPSA) is 52.1 Å². The van der Waals surface area contributed by atoms with Gasteiger partial charge in [-0.15, -0.1) is 0 Å². The Hall–Kier alpha value is -1.94. The van der Waals surface area contributed by atoms with Gasteiger partial charge in [0.15, 0.2) is 0 Å². The minimum Gasteiger partial charge on any atom is -0.462 e. The van der Waals surface area contributed by atoms with E-state index in [1.54, 1.807) is 18.5 Å². The van der Waals surface area contributed by atoms with Crippen molar-refractivity contribution in [2.75, 3.05) is 6.61 Å². The molecule has 0 fully saturated rings. The molecule has 0 aliphatic carbocycles. The van der Waals surface area contributed by atoms with Gasteiger partial charge in [0.2, 0.25) is 0 Å². The maximum Gasteiger partial charge on any atom is 0.341 e. The molecule has 0 spiro atoms. The van der Waals surface area contributed by atoms with Crippen LogP contribution in [-0.4, -0.2) is 22.5 Å². The molecule has 0 atom stereocenters. The number of carbonyl (C=O) groups is 1. The Balaban J connectivity index is 2.32. The Morgan fingerprint density at radius 3 is 2.86 bits per heavy atom. The summed E-state index contributed by atoms with van der Waals surface area (Å²) in [6.07, 6.45) is 7.87. The Labute approximate surface area is 135 Å². The van der Waals surface area contributed by atoms with E-state index in [-0.39, 0.29) is 5.15 Å². The number of unbranched alkanes of at least 4 members (excludes halogenated alkanes) is 1. The van der Waals surface area contributed by atoms with Crippen molar-refractivity contribution in [1.29, 1.82) is 0 Å². The minimum atomic E-state index is -0.431. The van der Waals surface area contributed by atoms with E-state index < -0.39 is 5.97 Å². The summed E-state index contributed by atoms with van der Waals surface area (Å²) in [7, 11) is 0. The Morgan fingerprint density at radius 1 is 1.32 bits per heavy atom. The lowest BCUT2D eigenvalue weighted by atomic mass is 10.0. The number of esters is 1. The number of halogens is 1. The molecule has 0 saturated heterocycles. The molecule has 2 rings (SSSR count). The van der Waals surface area contributed by atoms with Gasteiger partial charge in [-0.1, -0.05) is 31.9 Å². The highest BCUT2D eigenvalue weighted by molar-refractivity contribution is 6.32. The maximum absolute atomic E-state index is 12.1. The molecule has 2 aromatic heterocycles. The van der Waals surface area contributed by atoms with Gasteiger partial charge in [-0.25, -0.2) is 9.78 Å². The molecule has 0 unspecified atom stereocenters. The summed E-state index contributed by atoms with van der Waals surface area (Å²) in [6, 6.07) is 3.65. The summed E-state index contributed by atoms with van der Waals surface area (Å²) in [5.41, 5.74) is 3.24. The number of aromatic nitrogens is 2. The van der Waals surface area contributed by atoms with E-state index in [4.69, 9.17) is 16.3 Å². The number of hydrogen-bond acceptors (Lipinski definition) is 4. The second kappa shape index (κ2) is 7.90. The normalized spacial score (nSPS) is 10.5. The van der Waals surface area contributed by atoms with Crippen molar-refractivity contribution < 1.29 is 9.53 Å². The van der Waals surface area contributed by atoms with Crippen LogP contribution in [0.1, 0.15) is 42.6 Å². The Bertz CT molecular complexity index is 659. The lowest BCUT2D eigenvalue weighted by Crippen LogP contribution is -2.08. The number of nitrogens with zero attached hydrogens (tertiary/aromatic N) is 2. The number of carbonyl (C=O) groups excluding carboxylic acids is 1.